The number of hydrogen-bond acceptors (Lipinski definition) is 6. The van der Waals surface area contributed by atoms with Gasteiger partial charge >= 0.3 is 5.69 Å². The molecule has 106 valence electrons. The number of phenolic OH excluding ortho intramolecular Hbond substituents is 1. The van der Waals surface area contributed by atoms with E-state index in [4.69, 9.17) is 4.74 Å². The second kappa shape index (κ2) is 5.02. The summed E-state index contributed by atoms with van der Waals surface area (Å²) in [5.74, 6) is 0.482. The topological polar surface area (TPSA) is 85.5 Å². The molecule has 0 aliphatic rings. The van der Waals surface area contributed by atoms with Crippen LogP contribution in [0.15, 0.2) is 35.8 Å². The standard InChI is InChI=1S/C14H10N2O4S/c1-8-4-9(17)6-10(5-8)20-11-2-3-12-13(15-7-21-12)14(11)16(18)19/h2-7,17H,1H3. The number of benzene rings is 2. The molecule has 21 heavy (non-hydrogen) atoms. The predicted molar refractivity (Wildman–Crippen MR) is 79.2 cm³/mol. The van der Waals surface area contributed by atoms with Crippen molar-refractivity contribution in [3.8, 4) is 17.2 Å². The van der Waals surface area contributed by atoms with Crippen LogP contribution >= 0.6 is 11.3 Å². The molecule has 1 heterocycles. The first kappa shape index (κ1) is 13.3. The maximum absolute atomic E-state index is 11.3. The van der Waals surface area contributed by atoms with Crippen LogP contribution in [-0.4, -0.2) is 15.0 Å². The SMILES string of the molecule is Cc1cc(O)cc(Oc2ccc3scnc3c2[N+](=O)[O-])c1. The number of fused-ring (bicyclic) bond motifs is 1. The smallest absolute Gasteiger partial charge is 0.338 e. The highest BCUT2D eigenvalue weighted by Gasteiger charge is 2.22. The molecule has 3 aromatic rings. The van der Waals surface area contributed by atoms with Crippen molar-refractivity contribution in [1.29, 1.82) is 0 Å². The molecule has 2 aromatic carbocycles. The minimum atomic E-state index is -0.507. The van der Waals surface area contributed by atoms with Crippen molar-refractivity contribution in [2.75, 3.05) is 0 Å². The molecule has 0 saturated heterocycles. The molecule has 0 bridgehead atoms. The van der Waals surface area contributed by atoms with Crippen LogP contribution in [-0.2, 0) is 0 Å². The quantitative estimate of drug-likeness (QED) is 0.583. The van der Waals surface area contributed by atoms with Crippen LogP contribution in [0.1, 0.15) is 5.56 Å². The second-order valence-electron chi connectivity index (χ2n) is 4.47. The van der Waals surface area contributed by atoms with Gasteiger partial charge < -0.3 is 9.84 Å². The highest BCUT2D eigenvalue weighted by molar-refractivity contribution is 7.16. The lowest BCUT2D eigenvalue weighted by molar-refractivity contribution is -0.384. The van der Waals surface area contributed by atoms with Gasteiger partial charge in [-0.1, -0.05) is 0 Å². The summed E-state index contributed by atoms with van der Waals surface area (Å²) in [4.78, 5) is 14.8. The zero-order chi connectivity index (χ0) is 15.0. The van der Waals surface area contributed by atoms with Crippen LogP contribution in [0.25, 0.3) is 10.2 Å². The number of nitro benzene ring substituents is 1. The molecule has 0 unspecified atom stereocenters. The van der Waals surface area contributed by atoms with Crippen LogP contribution in [0.5, 0.6) is 17.2 Å². The Hall–Kier alpha value is -2.67. The number of aromatic nitrogens is 1. The van der Waals surface area contributed by atoms with E-state index in [1.807, 2.05) is 0 Å². The molecular weight excluding hydrogens is 292 g/mol. The molecule has 0 fully saturated rings. The Morgan fingerprint density at radius 3 is 2.86 bits per heavy atom. The number of hydrogen-bond donors (Lipinski definition) is 1. The number of nitro groups is 1. The van der Waals surface area contributed by atoms with E-state index in [0.29, 0.717) is 11.3 Å². The fraction of sp³-hybridized carbons (Fsp3) is 0.0714. The van der Waals surface area contributed by atoms with E-state index in [9.17, 15) is 15.2 Å². The maximum atomic E-state index is 11.3. The molecule has 1 N–H and O–H groups in total. The third kappa shape index (κ3) is 2.50. The molecule has 0 aliphatic heterocycles. The third-order valence-corrected chi connectivity index (χ3v) is 3.68. The lowest BCUT2D eigenvalue weighted by Gasteiger charge is -2.08. The van der Waals surface area contributed by atoms with Gasteiger partial charge in [-0.15, -0.1) is 11.3 Å². The van der Waals surface area contributed by atoms with Gasteiger partial charge in [-0.05, 0) is 36.8 Å². The second-order valence-corrected chi connectivity index (χ2v) is 5.36. The van der Waals surface area contributed by atoms with Crippen molar-refractivity contribution in [1.82, 2.24) is 4.98 Å². The maximum Gasteiger partial charge on any atom is 0.338 e. The van der Waals surface area contributed by atoms with E-state index in [-0.39, 0.29) is 17.2 Å². The van der Waals surface area contributed by atoms with Crippen molar-refractivity contribution in [2.45, 2.75) is 6.92 Å². The van der Waals surface area contributed by atoms with Crippen molar-refractivity contribution < 1.29 is 14.8 Å². The van der Waals surface area contributed by atoms with Crippen molar-refractivity contribution in [3.05, 3.63) is 51.5 Å². The molecule has 0 radical (unpaired) electrons. The van der Waals surface area contributed by atoms with E-state index >= 15 is 0 Å². The van der Waals surface area contributed by atoms with Gasteiger partial charge in [0, 0.05) is 6.07 Å². The van der Waals surface area contributed by atoms with Gasteiger partial charge in [-0.25, -0.2) is 4.98 Å². The number of nitrogens with zero attached hydrogens (tertiary/aromatic N) is 2. The molecule has 7 heteroatoms. The summed E-state index contributed by atoms with van der Waals surface area (Å²) in [6.07, 6.45) is 0. The monoisotopic (exact) mass is 302 g/mol. The van der Waals surface area contributed by atoms with E-state index in [1.54, 1.807) is 30.6 Å². The first-order chi connectivity index (χ1) is 10.0. The van der Waals surface area contributed by atoms with Crippen molar-refractivity contribution in [2.24, 2.45) is 0 Å². The fourth-order valence-electron chi connectivity index (χ4n) is 2.07. The number of aryl methyl sites for hydroxylation is 1. The van der Waals surface area contributed by atoms with E-state index in [0.717, 1.165) is 10.3 Å². The molecule has 3 rings (SSSR count). The van der Waals surface area contributed by atoms with Gasteiger partial charge in [0.25, 0.3) is 0 Å². The largest absolute Gasteiger partial charge is 0.508 e. The number of ether oxygens (including phenoxy) is 1. The lowest BCUT2D eigenvalue weighted by Crippen LogP contribution is -1.95. The van der Waals surface area contributed by atoms with Crippen LogP contribution in [0.2, 0.25) is 0 Å². The Bertz CT molecular complexity index is 824. The van der Waals surface area contributed by atoms with E-state index in [1.165, 1.54) is 23.5 Å². The van der Waals surface area contributed by atoms with Crippen LogP contribution in [0.3, 0.4) is 0 Å². The fourth-order valence-corrected chi connectivity index (χ4v) is 2.75. The first-order valence-corrected chi connectivity index (χ1v) is 6.91. The Labute approximate surface area is 123 Å². The van der Waals surface area contributed by atoms with Gasteiger partial charge in [-0.2, -0.15) is 0 Å². The molecule has 0 spiro atoms. The van der Waals surface area contributed by atoms with E-state index < -0.39 is 4.92 Å². The predicted octanol–water partition coefficient (Wildman–Crippen LogP) is 4.01. The van der Waals surface area contributed by atoms with Gasteiger partial charge in [0.2, 0.25) is 5.75 Å². The first-order valence-electron chi connectivity index (χ1n) is 6.03. The van der Waals surface area contributed by atoms with Crippen molar-refractivity contribution in [3.63, 3.8) is 0 Å². The Morgan fingerprint density at radius 2 is 2.14 bits per heavy atom. The normalized spacial score (nSPS) is 10.7. The molecule has 0 aliphatic carbocycles. The van der Waals surface area contributed by atoms with Crippen LogP contribution in [0.4, 0.5) is 5.69 Å². The molecule has 0 amide bonds. The molecule has 0 atom stereocenters. The average Bonchev–Trinajstić information content (AvgIpc) is 2.84. The molecule has 6 nitrogen and oxygen atoms in total. The zero-order valence-corrected chi connectivity index (χ0v) is 11.8. The average molecular weight is 302 g/mol. The summed E-state index contributed by atoms with van der Waals surface area (Å²) in [6, 6.07) is 7.94. The van der Waals surface area contributed by atoms with Gasteiger partial charge in [-0.3, -0.25) is 10.1 Å². The van der Waals surface area contributed by atoms with Crippen LogP contribution in [0, 0.1) is 17.0 Å². The summed E-state index contributed by atoms with van der Waals surface area (Å²) in [6.45, 7) is 1.80. The zero-order valence-electron chi connectivity index (χ0n) is 10.9. The van der Waals surface area contributed by atoms with Crippen molar-refractivity contribution >= 4 is 27.2 Å². The Kier molecular flexibility index (Phi) is 3.19. The highest BCUT2D eigenvalue weighted by atomic mass is 32.1. The Balaban J connectivity index is 2.11. The van der Waals surface area contributed by atoms with E-state index in [2.05, 4.69) is 4.98 Å². The minimum Gasteiger partial charge on any atom is -0.508 e. The minimum absolute atomic E-state index is 0.0439. The van der Waals surface area contributed by atoms with Crippen LogP contribution < -0.4 is 4.74 Å². The summed E-state index contributed by atoms with van der Waals surface area (Å²) in [5, 5.41) is 20.9. The summed E-state index contributed by atoms with van der Waals surface area (Å²) in [5.41, 5.74) is 2.48. The lowest BCUT2D eigenvalue weighted by atomic mass is 10.2. The summed E-state index contributed by atoms with van der Waals surface area (Å²) in [7, 11) is 0. The number of phenols is 1. The van der Waals surface area contributed by atoms with Gasteiger partial charge in [0.1, 0.15) is 11.5 Å². The number of thiazole rings is 1. The van der Waals surface area contributed by atoms with Gasteiger partial charge in [0.05, 0.1) is 15.1 Å². The summed E-state index contributed by atoms with van der Waals surface area (Å²) >= 11 is 1.33. The number of rotatable bonds is 3. The van der Waals surface area contributed by atoms with Gasteiger partial charge in [0.15, 0.2) is 5.52 Å². The molecular formula is C14H10N2O4S. The number of aromatic hydroxyl groups is 1. The molecule has 1 aromatic heterocycles. The Morgan fingerprint density at radius 1 is 1.33 bits per heavy atom. The third-order valence-electron chi connectivity index (χ3n) is 2.88. The highest BCUT2D eigenvalue weighted by Crippen LogP contribution is 2.39. The summed E-state index contributed by atoms with van der Waals surface area (Å²) < 4.78 is 6.30. The molecule has 0 saturated carbocycles.